The number of nitrogens with zero attached hydrogens (tertiary/aromatic N) is 2. The first-order valence-corrected chi connectivity index (χ1v) is 5.43. The van der Waals surface area contributed by atoms with Crippen LogP contribution in [0.2, 0.25) is 0 Å². The number of hydrogen-bond acceptors (Lipinski definition) is 4. The van der Waals surface area contributed by atoms with E-state index in [1.165, 1.54) is 13.1 Å². The largest absolute Gasteiger partial charge is 0.396 e. The smallest absolute Gasteiger partial charge is 0.274 e. The summed E-state index contributed by atoms with van der Waals surface area (Å²) in [6, 6.07) is 0.0283. The molecule has 17 heavy (non-hydrogen) atoms. The number of nitrogens with two attached hydrogens (primary N) is 1. The van der Waals surface area contributed by atoms with E-state index in [0.717, 1.165) is 6.42 Å². The predicted octanol–water partition coefficient (Wildman–Crippen LogP) is -0.657. The zero-order valence-electron chi connectivity index (χ0n) is 9.56. The van der Waals surface area contributed by atoms with E-state index in [0.29, 0.717) is 24.5 Å². The Morgan fingerprint density at radius 3 is 3.00 bits per heavy atom. The first kappa shape index (κ1) is 11.4. The molecular weight excluding hydrogens is 222 g/mol. The molecule has 7 heteroatoms. The van der Waals surface area contributed by atoms with Crippen LogP contribution in [-0.2, 0) is 4.79 Å². The van der Waals surface area contributed by atoms with Crippen molar-refractivity contribution >= 4 is 17.5 Å². The van der Waals surface area contributed by atoms with Crippen molar-refractivity contribution in [3.8, 4) is 0 Å². The third-order valence-electron chi connectivity index (χ3n) is 2.77. The van der Waals surface area contributed by atoms with E-state index in [4.69, 9.17) is 5.73 Å². The van der Waals surface area contributed by atoms with E-state index >= 15 is 0 Å². The molecule has 0 radical (unpaired) electrons. The third kappa shape index (κ3) is 2.38. The quantitative estimate of drug-likeness (QED) is 0.635. The monoisotopic (exact) mass is 237 g/mol. The van der Waals surface area contributed by atoms with Crippen LogP contribution < -0.4 is 11.1 Å². The number of amides is 2. The zero-order chi connectivity index (χ0) is 12.4. The Balaban J connectivity index is 1.99. The maximum Gasteiger partial charge on any atom is 0.274 e. The summed E-state index contributed by atoms with van der Waals surface area (Å²) in [6.45, 7) is 2.59. The molecule has 2 amide bonds. The number of hydrogen-bond donors (Lipinski definition) is 3. The van der Waals surface area contributed by atoms with Gasteiger partial charge in [0.2, 0.25) is 5.91 Å². The van der Waals surface area contributed by atoms with Crippen molar-refractivity contribution in [2.24, 2.45) is 0 Å². The van der Waals surface area contributed by atoms with Gasteiger partial charge in [0, 0.05) is 26.1 Å². The molecule has 7 nitrogen and oxygen atoms in total. The fraction of sp³-hybridized carbons (Fsp3) is 0.500. The standard InChI is InChI=1S/C10H15N5O2/c1-6(16)13-7-2-3-15(5-7)10(17)9-8(11)4-12-14-9/h4,7H,2-3,5,11H2,1H3,(H,12,14)(H,13,16). The van der Waals surface area contributed by atoms with Crippen LogP contribution in [0.5, 0.6) is 0 Å². The van der Waals surface area contributed by atoms with E-state index in [2.05, 4.69) is 15.5 Å². The van der Waals surface area contributed by atoms with Crippen molar-refractivity contribution in [3.05, 3.63) is 11.9 Å². The lowest BCUT2D eigenvalue weighted by Gasteiger charge is -2.16. The molecule has 1 aromatic heterocycles. The van der Waals surface area contributed by atoms with Crippen molar-refractivity contribution in [2.75, 3.05) is 18.8 Å². The number of likely N-dealkylation sites (tertiary alicyclic amines) is 1. The fourth-order valence-electron chi connectivity index (χ4n) is 1.97. The van der Waals surface area contributed by atoms with Crippen molar-refractivity contribution in [2.45, 2.75) is 19.4 Å². The fourth-order valence-corrected chi connectivity index (χ4v) is 1.97. The molecule has 0 bridgehead atoms. The number of anilines is 1. The van der Waals surface area contributed by atoms with Gasteiger partial charge in [0.15, 0.2) is 0 Å². The van der Waals surface area contributed by atoms with E-state index in [1.807, 2.05) is 0 Å². The van der Waals surface area contributed by atoms with Gasteiger partial charge in [-0.05, 0) is 6.42 Å². The molecule has 1 aliphatic heterocycles. The molecule has 2 rings (SSSR count). The number of H-pyrrole nitrogens is 1. The highest BCUT2D eigenvalue weighted by molar-refractivity contribution is 5.97. The molecule has 1 aromatic rings. The molecule has 1 aliphatic rings. The summed E-state index contributed by atoms with van der Waals surface area (Å²) in [4.78, 5) is 24.6. The van der Waals surface area contributed by atoms with Crippen molar-refractivity contribution < 1.29 is 9.59 Å². The van der Waals surface area contributed by atoms with Gasteiger partial charge in [-0.15, -0.1) is 0 Å². The summed E-state index contributed by atoms with van der Waals surface area (Å²) in [5.74, 6) is -0.252. The van der Waals surface area contributed by atoms with Crippen molar-refractivity contribution in [1.29, 1.82) is 0 Å². The van der Waals surface area contributed by atoms with Crippen LogP contribution in [0.15, 0.2) is 6.20 Å². The summed E-state index contributed by atoms with van der Waals surface area (Å²) in [6.07, 6.45) is 2.17. The second-order valence-electron chi connectivity index (χ2n) is 4.14. The van der Waals surface area contributed by atoms with Gasteiger partial charge >= 0.3 is 0 Å². The van der Waals surface area contributed by atoms with Gasteiger partial charge in [-0.25, -0.2) is 0 Å². The number of carbonyl (C=O) groups is 2. The number of aromatic amines is 1. The van der Waals surface area contributed by atoms with Crippen LogP contribution in [0.25, 0.3) is 0 Å². The number of aromatic nitrogens is 2. The zero-order valence-corrected chi connectivity index (χ0v) is 9.56. The highest BCUT2D eigenvalue weighted by Crippen LogP contribution is 2.15. The molecule has 0 aromatic carbocycles. The molecular formula is C10H15N5O2. The average molecular weight is 237 g/mol. The number of nitrogen functional groups attached to an aromatic ring is 1. The molecule has 92 valence electrons. The molecule has 1 saturated heterocycles. The molecule has 0 saturated carbocycles. The van der Waals surface area contributed by atoms with E-state index in [9.17, 15) is 9.59 Å². The average Bonchev–Trinajstić information content (AvgIpc) is 2.85. The van der Waals surface area contributed by atoms with Gasteiger partial charge in [0.1, 0.15) is 5.69 Å². The summed E-state index contributed by atoms with van der Waals surface area (Å²) >= 11 is 0. The lowest BCUT2D eigenvalue weighted by atomic mass is 10.2. The Morgan fingerprint density at radius 2 is 2.41 bits per heavy atom. The minimum atomic E-state index is -0.173. The highest BCUT2D eigenvalue weighted by Gasteiger charge is 2.28. The van der Waals surface area contributed by atoms with E-state index in [1.54, 1.807) is 4.90 Å². The Kier molecular flexibility index (Phi) is 2.99. The summed E-state index contributed by atoms with van der Waals surface area (Å²) in [5, 5.41) is 9.10. The lowest BCUT2D eigenvalue weighted by molar-refractivity contribution is -0.119. The molecule has 4 N–H and O–H groups in total. The molecule has 1 unspecified atom stereocenters. The predicted molar refractivity (Wildman–Crippen MR) is 61.1 cm³/mol. The molecule has 2 heterocycles. The Morgan fingerprint density at radius 1 is 1.65 bits per heavy atom. The van der Waals surface area contributed by atoms with Gasteiger partial charge in [0.05, 0.1) is 11.9 Å². The topological polar surface area (TPSA) is 104 Å². The van der Waals surface area contributed by atoms with Gasteiger partial charge in [0.25, 0.3) is 5.91 Å². The molecule has 1 atom stereocenters. The maximum atomic E-state index is 12.0. The van der Waals surface area contributed by atoms with Gasteiger partial charge in [-0.3, -0.25) is 14.7 Å². The second kappa shape index (κ2) is 4.44. The van der Waals surface area contributed by atoms with Crippen LogP contribution in [-0.4, -0.2) is 46.0 Å². The van der Waals surface area contributed by atoms with Gasteiger partial charge < -0.3 is 16.0 Å². The summed E-state index contributed by atoms with van der Waals surface area (Å²) in [7, 11) is 0. The lowest BCUT2D eigenvalue weighted by Crippen LogP contribution is -2.37. The number of rotatable bonds is 2. The molecule has 1 fully saturated rings. The number of nitrogens with one attached hydrogen (secondary N) is 2. The summed E-state index contributed by atoms with van der Waals surface area (Å²) < 4.78 is 0. The minimum absolute atomic E-state index is 0.0283. The van der Waals surface area contributed by atoms with Crippen molar-refractivity contribution in [1.82, 2.24) is 20.4 Å². The van der Waals surface area contributed by atoms with E-state index in [-0.39, 0.29) is 17.9 Å². The Hall–Kier alpha value is -2.05. The molecule has 0 aliphatic carbocycles. The van der Waals surface area contributed by atoms with Crippen LogP contribution in [0.1, 0.15) is 23.8 Å². The van der Waals surface area contributed by atoms with Gasteiger partial charge in [-0.1, -0.05) is 0 Å². The maximum absolute atomic E-state index is 12.0. The first-order valence-electron chi connectivity index (χ1n) is 5.43. The van der Waals surface area contributed by atoms with Crippen LogP contribution in [0.3, 0.4) is 0 Å². The SMILES string of the molecule is CC(=O)NC1CCN(C(=O)c2[nH]ncc2N)C1. The van der Waals surface area contributed by atoms with Crippen LogP contribution >= 0.6 is 0 Å². The second-order valence-corrected chi connectivity index (χ2v) is 4.14. The van der Waals surface area contributed by atoms with E-state index < -0.39 is 0 Å². The van der Waals surface area contributed by atoms with Gasteiger partial charge in [-0.2, -0.15) is 5.10 Å². The first-order chi connectivity index (χ1) is 8.08. The Labute approximate surface area is 98.4 Å². The Bertz CT molecular complexity index is 442. The van der Waals surface area contributed by atoms with Crippen LogP contribution in [0.4, 0.5) is 5.69 Å². The number of carbonyl (C=O) groups excluding carboxylic acids is 2. The highest BCUT2D eigenvalue weighted by atomic mass is 16.2. The summed E-state index contributed by atoms with van der Waals surface area (Å²) in [5.41, 5.74) is 6.27. The van der Waals surface area contributed by atoms with Crippen molar-refractivity contribution in [3.63, 3.8) is 0 Å². The third-order valence-corrected chi connectivity index (χ3v) is 2.77. The minimum Gasteiger partial charge on any atom is -0.396 e. The van der Waals surface area contributed by atoms with Crippen LogP contribution in [0, 0.1) is 0 Å². The molecule has 0 spiro atoms. The normalized spacial score (nSPS) is 19.4.